The first-order valence-corrected chi connectivity index (χ1v) is 8.36. The first-order valence-electron chi connectivity index (χ1n) is 7.98. The summed E-state index contributed by atoms with van der Waals surface area (Å²) in [7, 11) is 0. The van der Waals surface area contributed by atoms with Crippen LogP contribution in [0.2, 0.25) is 5.02 Å². The summed E-state index contributed by atoms with van der Waals surface area (Å²) in [6.45, 7) is 3.28. The van der Waals surface area contributed by atoms with Crippen molar-refractivity contribution in [3.05, 3.63) is 58.9 Å². The van der Waals surface area contributed by atoms with E-state index < -0.39 is 24.3 Å². The number of amides is 1. The summed E-state index contributed by atoms with van der Waals surface area (Å²) in [6.07, 6.45) is 0. The second-order valence-electron chi connectivity index (χ2n) is 5.85. The van der Waals surface area contributed by atoms with Crippen molar-refractivity contribution in [2.24, 2.45) is 0 Å². The first-order chi connectivity index (χ1) is 12.3. The molecule has 0 unspecified atom stereocenters. The lowest BCUT2D eigenvalue weighted by atomic mass is 10.0. The molecule has 0 saturated heterocycles. The van der Waals surface area contributed by atoms with Crippen LogP contribution >= 0.6 is 11.6 Å². The Balaban J connectivity index is 1.74. The van der Waals surface area contributed by atoms with Crippen LogP contribution in [0.3, 0.4) is 0 Å². The summed E-state index contributed by atoms with van der Waals surface area (Å²) in [5.41, 5.74) is 1.11. The normalized spacial score (nSPS) is 10.5. The maximum Gasteiger partial charge on any atom is 0.344 e. The van der Waals surface area contributed by atoms with Crippen LogP contribution < -0.4 is 10.1 Å². The Labute approximate surface area is 156 Å². The summed E-state index contributed by atoms with van der Waals surface area (Å²) >= 11 is 5.63. The fraction of sp³-hybridized carbons (Fsp3) is 0.263. The Bertz CT molecular complexity index is 778. The van der Waals surface area contributed by atoms with Crippen LogP contribution in [0.15, 0.2) is 42.5 Å². The van der Waals surface area contributed by atoms with Gasteiger partial charge in [0.05, 0.1) is 5.69 Å². The van der Waals surface area contributed by atoms with E-state index >= 15 is 0 Å². The fourth-order valence-corrected chi connectivity index (χ4v) is 2.21. The van der Waals surface area contributed by atoms with Gasteiger partial charge in [-0.15, -0.1) is 0 Å². The maximum absolute atomic E-state index is 13.6. The Morgan fingerprint density at radius 1 is 1.12 bits per heavy atom. The highest BCUT2D eigenvalue weighted by Gasteiger charge is 2.11. The van der Waals surface area contributed by atoms with Crippen LogP contribution in [0.1, 0.15) is 25.3 Å². The molecule has 2 aromatic carbocycles. The second kappa shape index (κ2) is 9.20. The lowest BCUT2D eigenvalue weighted by Crippen LogP contribution is -2.24. The predicted octanol–water partition coefficient (Wildman–Crippen LogP) is 4.16. The summed E-state index contributed by atoms with van der Waals surface area (Å²) < 4.78 is 23.7. The van der Waals surface area contributed by atoms with Crippen LogP contribution in [-0.2, 0) is 14.3 Å². The molecule has 0 saturated carbocycles. The first kappa shape index (κ1) is 19.7. The van der Waals surface area contributed by atoms with Crippen molar-refractivity contribution in [1.29, 1.82) is 0 Å². The minimum Gasteiger partial charge on any atom is -0.482 e. The van der Waals surface area contributed by atoms with E-state index in [2.05, 4.69) is 19.2 Å². The minimum absolute atomic E-state index is 0.0445. The van der Waals surface area contributed by atoms with Gasteiger partial charge >= 0.3 is 5.97 Å². The topological polar surface area (TPSA) is 64.6 Å². The van der Waals surface area contributed by atoms with E-state index in [0.717, 1.165) is 11.6 Å². The van der Waals surface area contributed by atoms with Crippen LogP contribution in [0.4, 0.5) is 10.1 Å². The Morgan fingerprint density at radius 3 is 2.42 bits per heavy atom. The van der Waals surface area contributed by atoms with Crippen LogP contribution in [0.25, 0.3) is 0 Å². The second-order valence-corrected chi connectivity index (χ2v) is 6.28. The van der Waals surface area contributed by atoms with Crippen LogP contribution in [0, 0.1) is 5.82 Å². The van der Waals surface area contributed by atoms with E-state index in [4.69, 9.17) is 21.1 Å². The van der Waals surface area contributed by atoms with E-state index in [9.17, 15) is 14.0 Å². The van der Waals surface area contributed by atoms with E-state index in [-0.39, 0.29) is 17.3 Å². The maximum atomic E-state index is 13.6. The number of carbonyl (C=O) groups excluding carboxylic acids is 2. The van der Waals surface area contributed by atoms with Crippen molar-refractivity contribution < 1.29 is 23.5 Å². The number of hydrogen-bond donors (Lipinski definition) is 1. The van der Waals surface area contributed by atoms with Gasteiger partial charge in [0.15, 0.2) is 13.2 Å². The Hall–Kier alpha value is -2.60. The molecule has 0 aliphatic carbocycles. The zero-order valence-corrected chi connectivity index (χ0v) is 15.2. The number of carbonyl (C=O) groups is 2. The zero-order chi connectivity index (χ0) is 19.1. The smallest absolute Gasteiger partial charge is 0.344 e. The SMILES string of the molecule is CC(C)c1ccc(OCC(=O)OCC(=O)Nc2ccc(Cl)cc2F)cc1. The van der Waals surface area contributed by atoms with E-state index in [0.29, 0.717) is 11.7 Å². The summed E-state index contributed by atoms with van der Waals surface area (Å²) in [5.74, 6) is -1.12. The average molecular weight is 380 g/mol. The molecule has 26 heavy (non-hydrogen) atoms. The zero-order valence-electron chi connectivity index (χ0n) is 14.4. The summed E-state index contributed by atoms with van der Waals surface area (Å²) in [6, 6.07) is 11.2. The number of halogens is 2. The molecule has 0 bridgehead atoms. The van der Waals surface area contributed by atoms with Crippen molar-refractivity contribution in [1.82, 2.24) is 0 Å². The number of esters is 1. The van der Waals surface area contributed by atoms with Gasteiger partial charge in [-0.2, -0.15) is 0 Å². The number of anilines is 1. The Kier molecular flexibility index (Phi) is 6.97. The number of ether oxygens (including phenoxy) is 2. The lowest BCUT2D eigenvalue weighted by molar-refractivity contribution is -0.149. The molecule has 1 N–H and O–H groups in total. The molecule has 0 fully saturated rings. The van der Waals surface area contributed by atoms with E-state index in [1.807, 2.05) is 12.1 Å². The molecule has 0 spiro atoms. The molecule has 0 atom stereocenters. The number of benzene rings is 2. The number of rotatable bonds is 7. The molecular formula is C19H19ClFNO4. The molecule has 0 radical (unpaired) electrons. The summed E-state index contributed by atoms with van der Waals surface area (Å²) in [4.78, 5) is 23.3. The molecule has 0 aliphatic rings. The van der Waals surface area contributed by atoms with Gasteiger partial charge in [-0.25, -0.2) is 9.18 Å². The molecule has 138 valence electrons. The van der Waals surface area contributed by atoms with Gasteiger partial charge in [-0.05, 0) is 41.8 Å². The molecular weight excluding hydrogens is 361 g/mol. The lowest BCUT2D eigenvalue weighted by Gasteiger charge is -2.09. The largest absolute Gasteiger partial charge is 0.482 e. The van der Waals surface area contributed by atoms with Crippen molar-refractivity contribution >= 4 is 29.2 Å². The molecule has 2 aromatic rings. The van der Waals surface area contributed by atoms with E-state index in [1.54, 1.807) is 12.1 Å². The monoisotopic (exact) mass is 379 g/mol. The third-order valence-corrected chi connectivity index (χ3v) is 3.71. The molecule has 1 amide bonds. The fourth-order valence-electron chi connectivity index (χ4n) is 2.06. The summed E-state index contributed by atoms with van der Waals surface area (Å²) in [5, 5.41) is 2.51. The quantitative estimate of drug-likeness (QED) is 0.733. The van der Waals surface area contributed by atoms with Crippen molar-refractivity contribution in [2.45, 2.75) is 19.8 Å². The van der Waals surface area contributed by atoms with E-state index in [1.165, 1.54) is 12.1 Å². The van der Waals surface area contributed by atoms with Crippen molar-refractivity contribution in [2.75, 3.05) is 18.5 Å². The molecule has 0 heterocycles. The van der Waals surface area contributed by atoms with Crippen molar-refractivity contribution in [3.63, 3.8) is 0 Å². The average Bonchev–Trinajstić information content (AvgIpc) is 2.61. The van der Waals surface area contributed by atoms with Gasteiger partial charge < -0.3 is 14.8 Å². The van der Waals surface area contributed by atoms with Crippen LogP contribution in [-0.4, -0.2) is 25.1 Å². The van der Waals surface area contributed by atoms with Gasteiger partial charge in [-0.1, -0.05) is 37.6 Å². The van der Waals surface area contributed by atoms with Crippen molar-refractivity contribution in [3.8, 4) is 5.75 Å². The van der Waals surface area contributed by atoms with Gasteiger partial charge in [0, 0.05) is 5.02 Å². The molecule has 0 aromatic heterocycles. The minimum atomic E-state index is -0.704. The third-order valence-electron chi connectivity index (χ3n) is 3.47. The van der Waals surface area contributed by atoms with Gasteiger partial charge in [0.1, 0.15) is 11.6 Å². The molecule has 2 rings (SSSR count). The van der Waals surface area contributed by atoms with Gasteiger partial charge in [0.25, 0.3) is 5.91 Å². The van der Waals surface area contributed by atoms with Gasteiger partial charge in [-0.3, -0.25) is 4.79 Å². The number of nitrogens with one attached hydrogen (secondary N) is 1. The number of hydrogen-bond acceptors (Lipinski definition) is 4. The predicted molar refractivity (Wildman–Crippen MR) is 97.0 cm³/mol. The highest BCUT2D eigenvalue weighted by Crippen LogP contribution is 2.19. The highest BCUT2D eigenvalue weighted by molar-refractivity contribution is 6.30. The Morgan fingerprint density at radius 2 is 1.81 bits per heavy atom. The molecule has 7 heteroatoms. The van der Waals surface area contributed by atoms with Crippen LogP contribution in [0.5, 0.6) is 5.75 Å². The highest BCUT2D eigenvalue weighted by atomic mass is 35.5. The standard InChI is InChI=1S/C19H19ClFNO4/c1-12(2)13-3-6-15(7-4-13)25-11-19(24)26-10-18(23)22-17-8-5-14(20)9-16(17)21/h3-9,12H,10-11H2,1-2H3,(H,22,23). The molecule has 5 nitrogen and oxygen atoms in total. The van der Waals surface area contributed by atoms with Gasteiger partial charge in [0.2, 0.25) is 0 Å². The third kappa shape index (κ3) is 6.04. The molecule has 0 aliphatic heterocycles.